The first-order valence-electron chi connectivity index (χ1n) is 3.74. The van der Waals surface area contributed by atoms with E-state index in [1.807, 2.05) is 0 Å². The lowest BCUT2D eigenvalue weighted by Gasteiger charge is -2.24. The zero-order valence-corrected chi connectivity index (χ0v) is 8.58. The maximum absolute atomic E-state index is 12.4. The Hall–Kier alpha value is -0.650. The Morgan fingerprint density at radius 3 is 2.14 bits per heavy atom. The molecular weight excluding hydrogens is 217 g/mol. The molecule has 2 nitrogen and oxygen atoms in total. The second-order valence-electron chi connectivity index (χ2n) is 2.82. The van der Waals surface area contributed by atoms with Gasteiger partial charge in [-0.05, 0) is 11.2 Å². The van der Waals surface area contributed by atoms with Crippen LogP contribution in [0.2, 0.25) is 0 Å². The van der Waals surface area contributed by atoms with Gasteiger partial charge in [0.2, 0.25) is 0 Å². The molecule has 0 aliphatic heterocycles. The van der Waals surface area contributed by atoms with Gasteiger partial charge < -0.3 is 5.11 Å². The second-order valence-corrected chi connectivity index (χ2v) is 3.75. The number of carboxylic acid groups (broad SMARTS) is 1. The number of aliphatic carboxylic acids is 1. The van der Waals surface area contributed by atoms with Gasteiger partial charge in [-0.25, -0.2) is 0 Å². The Bertz CT molecular complexity index is 237. The topological polar surface area (TPSA) is 37.3 Å². The van der Waals surface area contributed by atoms with Crippen molar-refractivity contribution in [2.75, 3.05) is 6.26 Å². The highest BCUT2D eigenvalue weighted by molar-refractivity contribution is 8.02. The molecule has 0 fully saturated rings. The highest BCUT2D eigenvalue weighted by Gasteiger charge is 2.47. The van der Waals surface area contributed by atoms with Crippen LogP contribution in [0.4, 0.5) is 13.2 Å². The largest absolute Gasteiger partial charge is 0.481 e. The standard InChI is InChI=1S/C8H11F3O2S/c1-4(7(12)13)6(5(2)14-3)8(9,10)11/h4,6H,2H2,1,3H3,(H,12,13). The van der Waals surface area contributed by atoms with Crippen molar-refractivity contribution >= 4 is 17.7 Å². The van der Waals surface area contributed by atoms with Crippen LogP contribution < -0.4 is 0 Å². The lowest BCUT2D eigenvalue weighted by Crippen LogP contribution is -2.33. The summed E-state index contributed by atoms with van der Waals surface area (Å²) in [5.74, 6) is -4.97. The highest BCUT2D eigenvalue weighted by atomic mass is 32.2. The van der Waals surface area contributed by atoms with Crippen molar-refractivity contribution in [2.24, 2.45) is 11.8 Å². The van der Waals surface area contributed by atoms with Gasteiger partial charge in [-0.3, -0.25) is 4.79 Å². The maximum Gasteiger partial charge on any atom is 0.397 e. The monoisotopic (exact) mass is 228 g/mol. The molecular formula is C8H11F3O2S. The lowest BCUT2D eigenvalue weighted by atomic mass is 9.93. The molecule has 0 aromatic carbocycles. The molecule has 0 bridgehead atoms. The van der Waals surface area contributed by atoms with Gasteiger partial charge in [-0.1, -0.05) is 13.5 Å². The van der Waals surface area contributed by atoms with Crippen molar-refractivity contribution in [3.8, 4) is 0 Å². The number of carbonyl (C=O) groups is 1. The average Bonchev–Trinajstić information content (AvgIpc) is 2.01. The summed E-state index contributed by atoms with van der Waals surface area (Å²) in [7, 11) is 0. The van der Waals surface area contributed by atoms with Gasteiger partial charge in [0.25, 0.3) is 0 Å². The summed E-state index contributed by atoms with van der Waals surface area (Å²) < 4.78 is 37.3. The van der Waals surface area contributed by atoms with Crippen LogP contribution in [0.25, 0.3) is 0 Å². The van der Waals surface area contributed by atoms with Gasteiger partial charge in [0.1, 0.15) is 0 Å². The quantitative estimate of drug-likeness (QED) is 0.803. The van der Waals surface area contributed by atoms with Crippen LogP contribution in [0.15, 0.2) is 11.5 Å². The minimum atomic E-state index is -4.56. The van der Waals surface area contributed by atoms with E-state index >= 15 is 0 Å². The third-order valence-electron chi connectivity index (χ3n) is 1.85. The Morgan fingerprint density at radius 1 is 1.50 bits per heavy atom. The van der Waals surface area contributed by atoms with Crippen LogP contribution in [0.3, 0.4) is 0 Å². The van der Waals surface area contributed by atoms with Gasteiger partial charge in [0.15, 0.2) is 0 Å². The Balaban J connectivity index is 4.92. The van der Waals surface area contributed by atoms with E-state index in [2.05, 4.69) is 6.58 Å². The van der Waals surface area contributed by atoms with E-state index < -0.39 is 24.0 Å². The van der Waals surface area contributed by atoms with E-state index in [0.29, 0.717) is 0 Å². The van der Waals surface area contributed by atoms with Crippen molar-refractivity contribution in [1.82, 2.24) is 0 Å². The van der Waals surface area contributed by atoms with Crippen LogP contribution >= 0.6 is 11.8 Å². The molecule has 0 aliphatic carbocycles. The van der Waals surface area contributed by atoms with Crippen LogP contribution in [0, 0.1) is 11.8 Å². The number of allylic oxidation sites excluding steroid dienone is 1. The third kappa shape index (κ3) is 3.25. The van der Waals surface area contributed by atoms with Crippen molar-refractivity contribution < 1.29 is 23.1 Å². The predicted molar refractivity (Wildman–Crippen MR) is 49.0 cm³/mol. The Labute approximate surface area is 84.2 Å². The fourth-order valence-electron chi connectivity index (χ4n) is 1.01. The molecule has 0 aromatic heterocycles. The second kappa shape index (κ2) is 4.72. The summed E-state index contributed by atoms with van der Waals surface area (Å²) in [4.78, 5) is 10.3. The predicted octanol–water partition coefficient (Wildman–Crippen LogP) is 2.76. The molecule has 0 radical (unpaired) electrons. The van der Waals surface area contributed by atoms with Gasteiger partial charge in [0, 0.05) is 0 Å². The lowest BCUT2D eigenvalue weighted by molar-refractivity contribution is -0.183. The molecule has 2 atom stereocenters. The summed E-state index contributed by atoms with van der Waals surface area (Å²) in [6.45, 7) is 4.25. The molecule has 0 aliphatic rings. The fourth-order valence-corrected chi connectivity index (χ4v) is 1.61. The first-order chi connectivity index (χ1) is 6.21. The molecule has 0 saturated carbocycles. The SMILES string of the molecule is C=C(SC)C(C(C)C(=O)O)C(F)(F)F. The van der Waals surface area contributed by atoms with Gasteiger partial charge in [0.05, 0.1) is 11.8 Å². The summed E-state index contributed by atoms with van der Waals surface area (Å²) in [6.07, 6.45) is -3.12. The van der Waals surface area contributed by atoms with E-state index in [4.69, 9.17) is 5.11 Å². The summed E-state index contributed by atoms with van der Waals surface area (Å²) >= 11 is 0.828. The van der Waals surface area contributed by atoms with Crippen LogP contribution in [0.1, 0.15) is 6.92 Å². The van der Waals surface area contributed by atoms with E-state index in [1.54, 1.807) is 0 Å². The number of rotatable bonds is 4. The Kier molecular flexibility index (Phi) is 4.51. The molecule has 14 heavy (non-hydrogen) atoms. The van der Waals surface area contributed by atoms with E-state index in [1.165, 1.54) is 6.26 Å². The molecule has 82 valence electrons. The van der Waals surface area contributed by atoms with E-state index in [9.17, 15) is 18.0 Å². The van der Waals surface area contributed by atoms with Crippen molar-refractivity contribution in [3.05, 3.63) is 11.5 Å². The minimum absolute atomic E-state index is 0.174. The van der Waals surface area contributed by atoms with Crippen LogP contribution in [-0.4, -0.2) is 23.5 Å². The van der Waals surface area contributed by atoms with E-state index in [-0.39, 0.29) is 4.91 Å². The third-order valence-corrected chi connectivity index (χ3v) is 2.63. The number of hydrogen-bond acceptors (Lipinski definition) is 2. The van der Waals surface area contributed by atoms with E-state index in [0.717, 1.165) is 18.7 Å². The summed E-state index contributed by atoms with van der Waals surface area (Å²) in [5.41, 5.74) is 0. The first-order valence-corrected chi connectivity index (χ1v) is 4.96. The molecule has 0 aromatic rings. The first kappa shape index (κ1) is 13.4. The average molecular weight is 228 g/mol. The normalized spacial score (nSPS) is 16.1. The number of halogens is 3. The zero-order chi connectivity index (χ0) is 11.5. The number of alkyl halides is 3. The van der Waals surface area contributed by atoms with Crippen LogP contribution in [-0.2, 0) is 4.79 Å². The summed E-state index contributed by atoms with van der Waals surface area (Å²) in [5, 5.41) is 8.51. The van der Waals surface area contributed by atoms with Crippen molar-refractivity contribution in [1.29, 1.82) is 0 Å². The molecule has 0 spiro atoms. The fraction of sp³-hybridized carbons (Fsp3) is 0.625. The van der Waals surface area contributed by atoms with Gasteiger partial charge in [-0.15, -0.1) is 11.8 Å². The molecule has 0 heterocycles. The number of carboxylic acids is 1. The molecule has 0 rings (SSSR count). The molecule has 2 unspecified atom stereocenters. The summed E-state index contributed by atoms with van der Waals surface area (Å²) in [6, 6.07) is 0. The Morgan fingerprint density at radius 2 is 1.93 bits per heavy atom. The smallest absolute Gasteiger partial charge is 0.397 e. The van der Waals surface area contributed by atoms with Gasteiger partial charge in [-0.2, -0.15) is 13.2 Å². The van der Waals surface area contributed by atoms with Crippen molar-refractivity contribution in [3.63, 3.8) is 0 Å². The number of hydrogen-bond donors (Lipinski definition) is 1. The van der Waals surface area contributed by atoms with Crippen LogP contribution in [0.5, 0.6) is 0 Å². The minimum Gasteiger partial charge on any atom is -0.481 e. The molecule has 1 N–H and O–H groups in total. The zero-order valence-electron chi connectivity index (χ0n) is 7.76. The number of thioether (sulfide) groups is 1. The van der Waals surface area contributed by atoms with Crippen molar-refractivity contribution in [2.45, 2.75) is 13.1 Å². The highest BCUT2D eigenvalue weighted by Crippen LogP contribution is 2.40. The molecule has 0 amide bonds. The van der Waals surface area contributed by atoms with Gasteiger partial charge >= 0.3 is 12.1 Å². The maximum atomic E-state index is 12.4. The molecule has 6 heteroatoms. The molecule has 0 saturated heterocycles.